The van der Waals surface area contributed by atoms with Gasteiger partial charge in [-0.15, -0.1) is 12.4 Å². The molecule has 0 spiro atoms. The summed E-state index contributed by atoms with van der Waals surface area (Å²) in [6.45, 7) is 6.93. The lowest BCUT2D eigenvalue weighted by atomic mass is 9.95. The summed E-state index contributed by atoms with van der Waals surface area (Å²) in [4.78, 5) is 28.4. The summed E-state index contributed by atoms with van der Waals surface area (Å²) in [5, 5.41) is 0. The summed E-state index contributed by atoms with van der Waals surface area (Å²) in [7, 11) is 1.91. The van der Waals surface area contributed by atoms with Gasteiger partial charge in [-0.2, -0.15) is 0 Å². The van der Waals surface area contributed by atoms with E-state index in [0.717, 1.165) is 43.6 Å². The Morgan fingerprint density at radius 1 is 1.00 bits per heavy atom. The summed E-state index contributed by atoms with van der Waals surface area (Å²) < 4.78 is 0. The van der Waals surface area contributed by atoms with E-state index in [2.05, 4.69) is 24.0 Å². The van der Waals surface area contributed by atoms with Gasteiger partial charge < -0.3 is 9.80 Å². The predicted molar refractivity (Wildman–Crippen MR) is 120 cm³/mol. The lowest BCUT2D eigenvalue weighted by molar-refractivity contribution is -0.130. The van der Waals surface area contributed by atoms with Gasteiger partial charge in [-0.3, -0.25) is 9.59 Å². The molecule has 0 saturated carbocycles. The van der Waals surface area contributed by atoms with E-state index in [1.54, 1.807) is 6.92 Å². The van der Waals surface area contributed by atoms with Crippen molar-refractivity contribution in [3.05, 3.63) is 71.3 Å². The van der Waals surface area contributed by atoms with Crippen molar-refractivity contribution in [2.24, 2.45) is 0 Å². The van der Waals surface area contributed by atoms with Gasteiger partial charge in [-0.1, -0.05) is 61.5 Å². The number of nitrogens with zero attached hydrogens (tertiary/aromatic N) is 2. The zero-order chi connectivity index (χ0) is 20.1. The molecule has 5 heteroatoms. The smallest absolute Gasteiger partial charge is 0.219 e. The van der Waals surface area contributed by atoms with Gasteiger partial charge in [0.15, 0.2) is 5.78 Å². The van der Waals surface area contributed by atoms with Crippen molar-refractivity contribution < 1.29 is 9.59 Å². The van der Waals surface area contributed by atoms with Crippen LogP contribution in [0.5, 0.6) is 0 Å². The van der Waals surface area contributed by atoms with E-state index in [1.807, 2.05) is 54.4 Å². The van der Waals surface area contributed by atoms with E-state index >= 15 is 0 Å². The Bertz CT molecular complexity index is 799. The van der Waals surface area contributed by atoms with Crippen molar-refractivity contribution in [3.63, 3.8) is 0 Å². The highest BCUT2D eigenvalue weighted by Crippen LogP contribution is 2.22. The number of ketones is 1. The van der Waals surface area contributed by atoms with E-state index in [1.165, 1.54) is 5.56 Å². The first-order chi connectivity index (χ1) is 13.5. The second-order valence-electron chi connectivity index (χ2n) is 7.88. The Labute approximate surface area is 180 Å². The molecule has 2 aromatic rings. The Morgan fingerprint density at radius 3 is 2.10 bits per heavy atom. The summed E-state index contributed by atoms with van der Waals surface area (Å²) in [5.74, 6) is 0.622. The van der Waals surface area contributed by atoms with Crippen molar-refractivity contribution in [1.82, 2.24) is 9.80 Å². The molecular weight excluding hydrogens is 384 g/mol. The fourth-order valence-corrected chi connectivity index (χ4v) is 3.96. The zero-order valence-electron chi connectivity index (χ0n) is 17.5. The van der Waals surface area contributed by atoms with Gasteiger partial charge in [-0.25, -0.2) is 0 Å². The van der Waals surface area contributed by atoms with E-state index in [4.69, 9.17) is 0 Å². The second kappa shape index (κ2) is 10.6. The number of benzene rings is 2. The van der Waals surface area contributed by atoms with E-state index in [-0.39, 0.29) is 24.1 Å². The quantitative estimate of drug-likeness (QED) is 0.658. The number of halogens is 1. The lowest BCUT2D eigenvalue weighted by Crippen LogP contribution is -2.45. The van der Waals surface area contributed by atoms with Crippen LogP contribution in [0, 0.1) is 0 Å². The van der Waals surface area contributed by atoms with Crippen molar-refractivity contribution in [2.45, 2.75) is 38.6 Å². The minimum Gasteiger partial charge on any atom is -0.343 e. The van der Waals surface area contributed by atoms with Crippen molar-refractivity contribution >= 4 is 24.1 Å². The van der Waals surface area contributed by atoms with Gasteiger partial charge in [0.05, 0.1) is 0 Å². The first kappa shape index (κ1) is 23.1. The maximum Gasteiger partial charge on any atom is 0.219 e. The van der Waals surface area contributed by atoms with Gasteiger partial charge in [0, 0.05) is 50.8 Å². The minimum absolute atomic E-state index is 0. The van der Waals surface area contributed by atoms with Crippen LogP contribution in [0.2, 0.25) is 0 Å². The maximum absolute atomic E-state index is 12.5. The number of rotatable bonds is 6. The standard InChI is InChI=1S/C24H30N2O2.ClH/c1-18(17-26-15-13-23(14-16-26)25(3)19(2)27)20-9-11-22(12-10-20)24(28)21-7-5-4-6-8-21;/h4-12,18,23H,13-17H2,1-3H3;1H. The lowest BCUT2D eigenvalue weighted by Gasteiger charge is -2.37. The first-order valence-corrected chi connectivity index (χ1v) is 10.1. The molecule has 0 radical (unpaired) electrons. The maximum atomic E-state index is 12.5. The molecule has 1 aliphatic rings. The number of amides is 1. The number of hydrogen-bond acceptors (Lipinski definition) is 3. The molecule has 0 bridgehead atoms. The highest BCUT2D eigenvalue weighted by molar-refractivity contribution is 6.08. The van der Waals surface area contributed by atoms with Gasteiger partial charge in [-0.05, 0) is 24.3 Å². The molecule has 1 aliphatic heterocycles. The Hall–Kier alpha value is -2.17. The summed E-state index contributed by atoms with van der Waals surface area (Å²) in [6.07, 6.45) is 2.07. The van der Waals surface area contributed by atoms with Crippen LogP contribution in [0.1, 0.15) is 54.1 Å². The molecule has 2 aromatic carbocycles. The zero-order valence-corrected chi connectivity index (χ0v) is 18.3. The van der Waals surface area contributed by atoms with Gasteiger partial charge >= 0.3 is 0 Å². The molecule has 1 atom stereocenters. The molecule has 1 unspecified atom stereocenters. The van der Waals surface area contributed by atoms with E-state index in [0.29, 0.717) is 12.0 Å². The van der Waals surface area contributed by atoms with E-state index < -0.39 is 0 Å². The van der Waals surface area contributed by atoms with Crippen LogP contribution in [-0.4, -0.2) is 54.2 Å². The molecular formula is C24H31ClN2O2. The molecule has 1 amide bonds. The third-order valence-electron chi connectivity index (χ3n) is 5.91. The summed E-state index contributed by atoms with van der Waals surface area (Å²) in [5.41, 5.74) is 2.71. The number of likely N-dealkylation sites (tertiary alicyclic amines) is 1. The van der Waals surface area contributed by atoms with Crippen LogP contribution < -0.4 is 0 Å². The summed E-state index contributed by atoms with van der Waals surface area (Å²) >= 11 is 0. The highest BCUT2D eigenvalue weighted by atomic mass is 35.5. The van der Waals surface area contributed by atoms with Crippen LogP contribution in [0.3, 0.4) is 0 Å². The molecule has 4 nitrogen and oxygen atoms in total. The fraction of sp³-hybridized carbons (Fsp3) is 0.417. The molecule has 156 valence electrons. The molecule has 3 rings (SSSR count). The van der Waals surface area contributed by atoms with Crippen LogP contribution >= 0.6 is 12.4 Å². The molecule has 0 aliphatic carbocycles. The van der Waals surface area contributed by atoms with Crippen LogP contribution in [0.15, 0.2) is 54.6 Å². The average molecular weight is 415 g/mol. The largest absolute Gasteiger partial charge is 0.343 e. The average Bonchev–Trinajstić information content (AvgIpc) is 2.74. The van der Waals surface area contributed by atoms with E-state index in [9.17, 15) is 9.59 Å². The number of carbonyl (C=O) groups excluding carboxylic acids is 2. The summed E-state index contributed by atoms with van der Waals surface area (Å²) in [6, 6.07) is 17.8. The molecule has 1 fully saturated rings. The Kier molecular flexibility index (Phi) is 8.42. The Morgan fingerprint density at radius 2 is 1.55 bits per heavy atom. The van der Waals surface area contributed by atoms with Crippen molar-refractivity contribution in [3.8, 4) is 0 Å². The second-order valence-corrected chi connectivity index (χ2v) is 7.88. The van der Waals surface area contributed by atoms with Gasteiger partial charge in [0.1, 0.15) is 0 Å². The predicted octanol–water partition coefficient (Wildman–Crippen LogP) is 4.39. The van der Waals surface area contributed by atoms with Crippen molar-refractivity contribution in [2.75, 3.05) is 26.7 Å². The first-order valence-electron chi connectivity index (χ1n) is 10.1. The van der Waals surface area contributed by atoms with Crippen LogP contribution in [0.4, 0.5) is 0 Å². The monoisotopic (exact) mass is 414 g/mol. The fourth-order valence-electron chi connectivity index (χ4n) is 3.96. The van der Waals surface area contributed by atoms with Crippen LogP contribution in [0.25, 0.3) is 0 Å². The van der Waals surface area contributed by atoms with Crippen molar-refractivity contribution in [1.29, 1.82) is 0 Å². The molecule has 29 heavy (non-hydrogen) atoms. The molecule has 0 N–H and O–H groups in total. The van der Waals surface area contributed by atoms with Gasteiger partial charge in [0.2, 0.25) is 5.91 Å². The number of carbonyl (C=O) groups is 2. The number of hydrogen-bond donors (Lipinski definition) is 0. The third kappa shape index (κ3) is 5.91. The molecule has 1 heterocycles. The SMILES string of the molecule is CC(=O)N(C)C1CCN(CC(C)c2ccc(C(=O)c3ccccc3)cc2)CC1.Cl. The van der Waals surface area contributed by atoms with Crippen LogP contribution in [-0.2, 0) is 4.79 Å². The minimum atomic E-state index is 0. The third-order valence-corrected chi connectivity index (χ3v) is 5.91. The molecule has 0 aromatic heterocycles. The molecule has 1 saturated heterocycles. The Balaban J connectivity index is 0.00000300. The highest BCUT2D eigenvalue weighted by Gasteiger charge is 2.24. The number of piperidine rings is 1. The van der Waals surface area contributed by atoms with Gasteiger partial charge in [0.25, 0.3) is 0 Å². The normalized spacial score (nSPS) is 16.0. The topological polar surface area (TPSA) is 40.6 Å².